The van der Waals surface area contributed by atoms with Gasteiger partial charge < -0.3 is 195 Å². The average Bonchev–Trinajstić information content (AvgIpc) is 1.54. The Bertz CT molecular complexity index is 4650. The number of ether oxygens (including phenoxy) is 18. The smallest absolute Gasteiger partial charge is 0.407 e. The molecule has 0 spiro atoms. The summed E-state index contributed by atoms with van der Waals surface area (Å²) in [6.45, 7) is 13.7. The number of urea groups is 1. The van der Waals surface area contributed by atoms with E-state index in [1.807, 2.05) is 0 Å². The maximum atomic E-state index is 15.6. The number of hydrogen-bond acceptors (Lipinski definition) is 41. The van der Waals surface area contributed by atoms with Crippen molar-refractivity contribution in [2.45, 2.75) is 190 Å². The van der Waals surface area contributed by atoms with E-state index in [1.165, 1.54) is 15.5 Å². The van der Waals surface area contributed by atoms with Gasteiger partial charge in [0.25, 0.3) is 5.56 Å². The average molecular weight is 2140 g/mol. The standard InChI is InChI=1S/C99H159FN12O38/c1-5-99(132)71-55-77-87-69(57-112(77)95(128)70(71)63-149-96(99)129)85-73(16-15-68-65(4)72(100)56-76(107-87)84(68)85)109-98(131)150-62-66-11-13-67(14-12-66)105-92(125)75(10-8-21-104-97(102)130)108-94(127)86(64(2)3)110-93(126)74(106-83(120)18-24-134-28-32-138-35-37-139-33-29-135-25-19-101)9-6-7-20-103-82(119)17-23-133-27-31-137-36-39-141-41-43-143-45-47-145-49-51-147-53-54-148-52-50-146-48-46-144-44-42-142-40-38-140-34-30-136-26-22-111(58-78(115)88(121)90(123)80(117)60-113)59-79(116)89(122)91(124)81(118)61-114/h11-14,55-56,64,73-75,78-81,86,88-91,113-118,121-124,132H,5-10,15-54,57-63,101H2,1-4H3,(H,103,119)(H,105,125)(H,106,120)(H,108,127)(H,109,131)(H,110,126)(H3,102,104,130)/t73-,74-,75-,78-,79-,80+,81+,86-,88+,89+,90+,91+,99-/m0/s1. The highest BCUT2D eigenvalue weighted by molar-refractivity contribution is 5.99. The summed E-state index contributed by atoms with van der Waals surface area (Å²) in [7, 11) is 0. The molecule has 4 heterocycles. The number of aromatic nitrogens is 2. The van der Waals surface area contributed by atoms with Crippen LogP contribution in [0.3, 0.4) is 0 Å². The lowest BCUT2D eigenvalue weighted by Gasteiger charge is -2.33. The fourth-order valence-electron chi connectivity index (χ4n) is 16.1. The fraction of sp³-hybridized carbons (Fsp3) is 0.717. The Labute approximate surface area is 870 Å². The minimum Gasteiger partial charge on any atom is -0.458 e. The first kappa shape index (κ1) is 128. The van der Waals surface area contributed by atoms with Crippen molar-refractivity contribution in [1.82, 2.24) is 46.4 Å². The van der Waals surface area contributed by atoms with Gasteiger partial charge in [-0.2, -0.15) is 0 Å². The number of unbranched alkanes of at least 4 members (excludes halogenated alkanes) is 1. The molecule has 7 rings (SSSR count). The summed E-state index contributed by atoms with van der Waals surface area (Å²) >= 11 is 0. The van der Waals surface area contributed by atoms with Crippen molar-refractivity contribution in [3.05, 3.63) is 91.5 Å². The summed E-state index contributed by atoms with van der Waals surface area (Å²) in [5.74, 6) is -4.82. The first-order chi connectivity index (χ1) is 72.4. The number of alkyl carbamates (subject to hydrolysis) is 1. The zero-order valence-electron chi connectivity index (χ0n) is 86.3. The number of nitrogens with two attached hydrogens (primary N) is 2. The topological polar surface area (TPSA) is 700 Å². The summed E-state index contributed by atoms with van der Waals surface area (Å²) in [4.78, 5) is 128. The molecule has 3 aliphatic rings. The van der Waals surface area contributed by atoms with E-state index in [4.69, 9.17) is 112 Å². The molecular formula is C99H159FN12O38. The quantitative estimate of drug-likeness (QED) is 0.0132. The molecule has 1 aliphatic carbocycles. The minimum atomic E-state index is -2.08. The predicted octanol–water partition coefficient (Wildman–Crippen LogP) is -3.60. The molecule has 0 radical (unpaired) electrons. The summed E-state index contributed by atoms with van der Waals surface area (Å²) in [6.07, 6.45) is -13.7. The highest BCUT2D eigenvalue weighted by Gasteiger charge is 2.47. The van der Waals surface area contributed by atoms with Gasteiger partial charge in [0.2, 0.25) is 29.5 Å². The monoisotopic (exact) mass is 2140 g/mol. The Hall–Kier alpha value is -9.07. The summed E-state index contributed by atoms with van der Waals surface area (Å²) in [5.41, 5.74) is 12.5. The van der Waals surface area contributed by atoms with Crippen molar-refractivity contribution in [2.75, 3.05) is 269 Å². The van der Waals surface area contributed by atoms with E-state index in [-0.39, 0.29) is 173 Å². The number of anilines is 1. The number of cyclic esters (lactones) is 1. The molecule has 51 heteroatoms. The molecule has 22 N–H and O–H groups in total. The van der Waals surface area contributed by atoms with Crippen LogP contribution in [0.4, 0.5) is 19.7 Å². The van der Waals surface area contributed by atoms with Crippen LogP contribution in [0.1, 0.15) is 124 Å². The van der Waals surface area contributed by atoms with Gasteiger partial charge in [0.15, 0.2) is 5.60 Å². The number of carbonyl (C=O) groups excluding carboxylic acids is 8. The molecular weight excluding hydrogens is 1980 g/mol. The number of aryl methyl sites for hydroxylation is 1. The second-order valence-electron chi connectivity index (χ2n) is 35.9. The molecule has 0 fully saturated rings. The molecule has 150 heavy (non-hydrogen) atoms. The van der Waals surface area contributed by atoms with E-state index in [9.17, 15) is 89.1 Å². The number of fused-ring (bicyclic) bond motifs is 5. The summed E-state index contributed by atoms with van der Waals surface area (Å²) < 4.78 is 117. The zero-order chi connectivity index (χ0) is 109. The molecule has 8 amide bonds. The number of nitrogens with one attached hydrogen (secondary N) is 7. The molecule has 0 unspecified atom stereocenters. The molecule has 2 aromatic carbocycles. The molecule has 0 saturated heterocycles. The Balaban J connectivity index is 0.719. The number of hydrogen-bond donors (Lipinski definition) is 20. The second-order valence-corrected chi connectivity index (χ2v) is 35.9. The molecule has 50 nitrogen and oxygen atoms in total. The van der Waals surface area contributed by atoms with Crippen molar-refractivity contribution >= 4 is 64.2 Å². The van der Waals surface area contributed by atoms with E-state index < -0.39 is 164 Å². The van der Waals surface area contributed by atoms with E-state index in [0.29, 0.717) is 221 Å². The Morgan fingerprint density at radius 3 is 1.45 bits per heavy atom. The lowest BCUT2D eigenvalue weighted by atomic mass is 9.81. The molecule has 4 aromatic rings. The van der Waals surface area contributed by atoms with Gasteiger partial charge in [-0.3, -0.25) is 33.7 Å². The number of aliphatic hydroxyl groups is 11. The fourth-order valence-corrected chi connectivity index (χ4v) is 16.1. The third-order valence-electron chi connectivity index (χ3n) is 24.5. The highest BCUT2D eigenvalue weighted by Crippen LogP contribution is 2.46. The summed E-state index contributed by atoms with van der Waals surface area (Å²) in [6, 6.07) is 4.07. The number of pyridine rings is 2. The van der Waals surface area contributed by atoms with Crippen molar-refractivity contribution in [2.24, 2.45) is 17.4 Å². The Kier molecular flexibility index (Phi) is 61.8. The second kappa shape index (κ2) is 72.6. The third kappa shape index (κ3) is 45.2. The highest BCUT2D eigenvalue weighted by atomic mass is 19.1. The van der Waals surface area contributed by atoms with E-state index in [0.717, 1.165) is 0 Å². The van der Waals surface area contributed by atoms with Crippen LogP contribution >= 0.6 is 0 Å². The molecule has 0 saturated carbocycles. The number of carbonyl (C=O) groups is 8. The number of esters is 1. The van der Waals surface area contributed by atoms with Gasteiger partial charge in [0.05, 0.1) is 272 Å². The number of primary amides is 1. The van der Waals surface area contributed by atoms with Gasteiger partial charge in [0, 0.05) is 80.4 Å². The molecule has 2 aliphatic heterocycles. The molecule has 13 atom stereocenters. The SMILES string of the molecule is CC[C@@]1(O)C(=O)OCc2c1cc1n(c2=O)Cc2c-1nc1cc(F)c(C)c3c1c2[C@@H](NC(=O)OCc1ccc(NC(=O)[C@H](CCCNC(N)=O)NC(=O)[C@@H](NC(=O)[C@H](CCCCNC(=O)CCOCCOCCOCCOCCOCCOCCOCCOCCOCCOCCOCCOCCN(C[C@H](O)[C@@H](O)[C@H](O)[C@H](O)CO)C[C@H](O)[C@@H](O)[C@H](O)[C@H](O)CO)NC(=O)CCOCCOCCOCCOCCN)C(C)C)cc1)CC3. The first-order valence-corrected chi connectivity index (χ1v) is 51.0. The summed E-state index contributed by atoms with van der Waals surface area (Å²) in [5, 5.41) is 131. The number of benzene rings is 2. The van der Waals surface area contributed by atoms with Crippen LogP contribution < -0.4 is 54.2 Å². The number of halogens is 1. The lowest BCUT2D eigenvalue weighted by molar-refractivity contribution is -0.172. The molecule has 0 bridgehead atoms. The van der Waals surface area contributed by atoms with Crippen molar-refractivity contribution in [3.63, 3.8) is 0 Å². The number of aliphatic hydroxyl groups excluding tert-OH is 10. The van der Waals surface area contributed by atoms with Crippen LogP contribution in [0.25, 0.3) is 22.3 Å². The van der Waals surface area contributed by atoms with Crippen LogP contribution in [-0.4, -0.2) is 449 Å². The lowest BCUT2D eigenvalue weighted by Crippen LogP contribution is -2.57. The molecule has 2 aromatic heterocycles. The van der Waals surface area contributed by atoms with Crippen LogP contribution in [0.15, 0.2) is 41.2 Å². The van der Waals surface area contributed by atoms with Crippen molar-refractivity contribution < 1.29 is 184 Å². The van der Waals surface area contributed by atoms with Gasteiger partial charge in [0.1, 0.15) is 73.8 Å². The van der Waals surface area contributed by atoms with Crippen molar-refractivity contribution in [3.8, 4) is 11.4 Å². The van der Waals surface area contributed by atoms with Gasteiger partial charge >= 0.3 is 18.1 Å². The van der Waals surface area contributed by atoms with Gasteiger partial charge in [-0.05, 0) is 105 Å². The van der Waals surface area contributed by atoms with E-state index in [1.54, 1.807) is 58.0 Å². The number of amides is 8. The zero-order valence-corrected chi connectivity index (χ0v) is 86.3. The minimum absolute atomic E-state index is 0.00110. The normalized spacial score (nSPS) is 16.4. The number of nitrogens with zero attached hydrogens (tertiary/aromatic N) is 3. The molecule has 850 valence electrons. The van der Waals surface area contributed by atoms with Gasteiger partial charge in [-0.15, -0.1) is 0 Å². The predicted molar refractivity (Wildman–Crippen MR) is 533 cm³/mol. The van der Waals surface area contributed by atoms with Crippen molar-refractivity contribution in [1.29, 1.82) is 0 Å². The number of rotatable bonds is 86. The maximum Gasteiger partial charge on any atom is 0.407 e. The maximum absolute atomic E-state index is 15.6. The van der Waals surface area contributed by atoms with E-state index in [2.05, 4.69) is 37.2 Å². The van der Waals surface area contributed by atoms with Crippen LogP contribution in [0.5, 0.6) is 0 Å². The third-order valence-corrected chi connectivity index (χ3v) is 24.5. The Morgan fingerprint density at radius 1 is 0.540 bits per heavy atom. The Morgan fingerprint density at radius 2 is 0.987 bits per heavy atom. The van der Waals surface area contributed by atoms with Gasteiger partial charge in [-0.25, -0.2) is 23.8 Å². The van der Waals surface area contributed by atoms with Crippen LogP contribution in [0.2, 0.25) is 0 Å². The van der Waals surface area contributed by atoms with Crippen LogP contribution in [0, 0.1) is 18.7 Å². The van der Waals surface area contributed by atoms with Crippen LogP contribution in [-0.2, 0) is 146 Å². The largest absolute Gasteiger partial charge is 0.458 e. The van der Waals surface area contributed by atoms with E-state index >= 15 is 4.39 Å². The van der Waals surface area contributed by atoms with Gasteiger partial charge in [-0.1, -0.05) is 32.9 Å². The first-order valence-electron chi connectivity index (χ1n) is 51.0.